The molecule has 0 aromatic carbocycles. The molecule has 0 saturated heterocycles. The molecule has 4 nitrogen and oxygen atoms in total. The van der Waals surface area contributed by atoms with Gasteiger partial charge in [0.2, 0.25) is 5.91 Å². The first kappa shape index (κ1) is 13.8. The summed E-state index contributed by atoms with van der Waals surface area (Å²) >= 11 is 0. The lowest BCUT2D eigenvalue weighted by atomic mass is 10.3. The number of hydrogen-bond donors (Lipinski definition) is 1. The highest BCUT2D eigenvalue weighted by Crippen LogP contribution is 2.11. The van der Waals surface area contributed by atoms with E-state index in [9.17, 15) is 4.79 Å². The van der Waals surface area contributed by atoms with E-state index in [0.29, 0.717) is 13.1 Å². The van der Waals surface area contributed by atoms with Crippen LogP contribution < -0.4 is 5.32 Å². The fourth-order valence-corrected chi connectivity index (χ4v) is 1.63. The van der Waals surface area contributed by atoms with E-state index in [2.05, 4.69) is 5.32 Å². The van der Waals surface area contributed by atoms with E-state index in [1.807, 2.05) is 44.7 Å². The van der Waals surface area contributed by atoms with Crippen molar-refractivity contribution in [2.24, 2.45) is 0 Å². The molecule has 0 unspecified atom stereocenters. The van der Waals surface area contributed by atoms with Gasteiger partial charge in [0.15, 0.2) is 0 Å². The number of rotatable bonds is 6. The highest BCUT2D eigenvalue weighted by atomic mass is 16.3. The van der Waals surface area contributed by atoms with Gasteiger partial charge in [-0.25, -0.2) is 0 Å². The van der Waals surface area contributed by atoms with Gasteiger partial charge in [-0.2, -0.15) is 0 Å². The van der Waals surface area contributed by atoms with Crippen molar-refractivity contribution >= 4 is 5.91 Å². The molecule has 0 aliphatic rings. The number of furan rings is 1. The van der Waals surface area contributed by atoms with E-state index in [1.165, 1.54) is 0 Å². The van der Waals surface area contributed by atoms with Crippen LogP contribution in [0.2, 0.25) is 0 Å². The first-order valence-electron chi connectivity index (χ1n) is 6.10. The topological polar surface area (TPSA) is 45.5 Å². The Labute approximate surface area is 103 Å². The smallest absolute Gasteiger partial charge is 0.237 e. The molecular weight excluding hydrogens is 216 g/mol. The van der Waals surface area contributed by atoms with Crippen molar-refractivity contribution in [3.05, 3.63) is 23.7 Å². The van der Waals surface area contributed by atoms with Crippen LogP contribution in [0.4, 0.5) is 0 Å². The molecule has 0 atom stereocenters. The minimum absolute atomic E-state index is 0.107. The van der Waals surface area contributed by atoms with E-state index in [1.54, 1.807) is 0 Å². The molecule has 1 aromatic rings. The highest BCUT2D eigenvalue weighted by molar-refractivity contribution is 5.78. The molecule has 1 amide bonds. The molecule has 0 aliphatic carbocycles. The SMILES string of the molecule is CCNCC(=O)N(Cc1ccc(C)o1)C(C)C. The lowest BCUT2D eigenvalue weighted by Gasteiger charge is -2.26. The Bertz CT molecular complexity index is 358. The molecule has 1 rings (SSSR count). The fourth-order valence-electron chi connectivity index (χ4n) is 1.63. The number of amides is 1. The van der Waals surface area contributed by atoms with Gasteiger partial charge in [0.25, 0.3) is 0 Å². The monoisotopic (exact) mass is 238 g/mol. The van der Waals surface area contributed by atoms with Crippen molar-refractivity contribution in [2.75, 3.05) is 13.1 Å². The Morgan fingerprint density at radius 2 is 2.18 bits per heavy atom. The summed E-state index contributed by atoms with van der Waals surface area (Å²) in [7, 11) is 0. The van der Waals surface area contributed by atoms with Crippen molar-refractivity contribution in [3.8, 4) is 0 Å². The van der Waals surface area contributed by atoms with Crippen LogP contribution in [0, 0.1) is 6.92 Å². The third-order valence-electron chi connectivity index (χ3n) is 2.59. The van der Waals surface area contributed by atoms with Gasteiger partial charge in [0.1, 0.15) is 11.5 Å². The molecule has 1 N–H and O–H groups in total. The Kier molecular flexibility index (Phi) is 5.22. The quantitative estimate of drug-likeness (QED) is 0.823. The van der Waals surface area contributed by atoms with Gasteiger partial charge in [-0.1, -0.05) is 6.92 Å². The van der Waals surface area contributed by atoms with Crippen molar-refractivity contribution in [3.63, 3.8) is 0 Å². The average Bonchev–Trinajstić information content (AvgIpc) is 2.68. The van der Waals surface area contributed by atoms with Crippen LogP contribution in [-0.4, -0.2) is 29.9 Å². The highest BCUT2D eigenvalue weighted by Gasteiger charge is 2.17. The zero-order valence-corrected chi connectivity index (χ0v) is 11.1. The molecule has 1 aromatic heterocycles. The van der Waals surface area contributed by atoms with Gasteiger partial charge in [-0.3, -0.25) is 4.79 Å². The number of nitrogens with zero attached hydrogens (tertiary/aromatic N) is 1. The maximum absolute atomic E-state index is 12.0. The van der Waals surface area contributed by atoms with Crippen LogP contribution >= 0.6 is 0 Å². The number of aryl methyl sites for hydroxylation is 1. The zero-order valence-electron chi connectivity index (χ0n) is 11.1. The predicted octanol–water partition coefficient (Wildman–Crippen LogP) is 1.93. The van der Waals surface area contributed by atoms with Crippen LogP contribution in [0.5, 0.6) is 0 Å². The van der Waals surface area contributed by atoms with Crippen molar-refractivity contribution < 1.29 is 9.21 Å². The van der Waals surface area contributed by atoms with Crippen LogP contribution in [0.25, 0.3) is 0 Å². The van der Waals surface area contributed by atoms with Crippen LogP contribution in [0.3, 0.4) is 0 Å². The third-order valence-corrected chi connectivity index (χ3v) is 2.59. The first-order valence-corrected chi connectivity index (χ1v) is 6.10. The number of carbonyl (C=O) groups is 1. The fraction of sp³-hybridized carbons (Fsp3) is 0.615. The summed E-state index contributed by atoms with van der Waals surface area (Å²) in [6.45, 7) is 9.65. The molecule has 0 saturated carbocycles. The normalized spacial score (nSPS) is 10.9. The van der Waals surface area contributed by atoms with Crippen LogP contribution in [0.15, 0.2) is 16.5 Å². The summed E-state index contributed by atoms with van der Waals surface area (Å²) in [5.41, 5.74) is 0. The van der Waals surface area contributed by atoms with Gasteiger partial charge < -0.3 is 14.6 Å². The van der Waals surface area contributed by atoms with Gasteiger partial charge in [-0.05, 0) is 39.4 Å². The lowest BCUT2D eigenvalue weighted by Crippen LogP contribution is -2.41. The van der Waals surface area contributed by atoms with Gasteiger partial charge in [-0.15, -0.1) is 0 Å². The van der Waals surface area contributed by atoms with Crippen LogP contribution in [-0.2, 0) is 11.3 Å². The number of carbonyl (C=O) groups excluding carboxylic acids is 1. The van der Waals surface area contributed by atoms with E-state index in [0.717, 1.165) is 18.1 Å². The van der Waals surface area contributed by atoms with E-state index < -0.39 is 0 Å². The van der Waals surface area contributed by atoms with Crippen LogP contribution in [0.1, 0.15) is 32.3 Å². The lowest BCUT2D eigenvalue weighted by molar-refractivity contribution is -0.132. The van der Waals surface area contributed by atoms with Crippen molar-refractivity contribution in [1.29, 1.82) is 0 Å². The first-order chi connectivity index (χ1) is 8.04. The largest absolute Gasteiger partial charge is 0.464 e. The molecule has 0 aliphatic heterocycles. The molecule has 4 heteroatoms. The molecular formula is C13H22N2O2. The summed E-state index contributed by atoms with van der Waals surface area (Å²) in [6.07, 6.45) is 0. The Balaban J connectivity index is 2.63. The number of hydrogen-bond acceptors (Lipinski definition) is 3. The Morgan fingerprint density at radius 1 is 1.47 bits per heavy atom. The molecule has 96 valence electrons. The predicted molar refractivity (Wildman–Crippen MR) is 67.7 cm³/mol. The Hall–Kier alpha value is -1.29. The minimum Gasteiger partial charge on any atom is -0.464 e. The third kappa shape index (κ3) is 4.23. The number of nitrogens with one attached hydrogen (secondary N) is 1. The molecule has 17 heavy (non-hydrogen) atoms. The van der Waals surface area contributed by atoms with Gasteiger partial charge in [0.05, 0.1) is 13.1 Å². The van der Waals surface area contributed by atoms with E-state index in [-0.39, 0.29) is 11.9 Å². The van der Waals surface area contributed by atoms with E-state index >= 15 is 0 Å². The van der Waals surface area contributed by atoms with Crippen molar-refractivity contribution in [2.45, 2.75) is 40.3 Å². The zero-order chi connectivity index (χ0) is 12.8. The van der Waals surface area contributed by atoms with Gasteiger partial charge >= 0.3 is 0 Å². The second kappa shape index (κ2) is 6.45. The summed E-state index contributed by atoms with van der Waals surface area (Å²) in [5, 5.41) is 3.05. The Morgan fingerprint density at radius 3 is 2.65 bits per heavy atom. The molecule has 1 heterocycles. The number of likely N-dealkylation sites (N-methyl/N-ethyl adjacent to an activating group) is 1. The summed E-state index contributed by atoms with van der Waals surface area (Å²) < 4.78 is 5.50. The second-order valence-corrected chi connectivity index (χ2v) is 4.41. The summed E-state index contributed by atoms with van der Waals surface area (Å²) in [4.78, 5) is 13.8. The van der Waals surface area contributed by atoms with Crippen molar-refractivity contribution in [1.82, 2.24) is 10.2 Å². The molecule has 0 fully saturated rings. The minimum atomic E-state index is 0.107. The maximum atomic E-state index is 12.0. The second-order valence-electron chi connectivity index (χ2n) is 4.41. The summed E-state index contributed by atoms with van der Waals surface area (Å²) in [6, 6.07) is 4.01. The molecule has 0 bridgehead atoms. The molecule has 0 spiro atoms. The maximum Gasteiger partial charge on any atom is 0.237 e. The van der Waals surface area contributed by atoms with Gasteiger partial charge in [0, 0.05) is 6.04 Å². The summed E-state index contributed by atoms with van der Waals surface area (Å²) in [5.74, 6) is 1.82. The van der Waals surface area contributed by atoms with E-state index in [4.69, 9.17) is 4.42 Å². The average molecular weight is 238 g/mol. The standard InChI is InChI=1S/C13H22N2O2/c1-5-14-8-13(16)15(10(2)3)9-12-7-6-11(4)17-12/h6-7,10,14H,5,8-9H2,1-4H3. The molecule has 0 radical (unpaired) electrons.